The molecule has 0 spiro atoms. The van der Waals surface area contributed by atoms with Crippen molar-refractivity contribution in [2.75, 3.05) is 7.05 Å². The molecule has 0 aliphatic carbocycles. The van der Waals surface area contributed by atoms with E-state index in [1.165, 1.54) is 0 Å². The maximum absolute atomic E-state index is 5.92. The molecule has 2 rings (SSSR count). The fourth-order valence-electron chi connectivity index (χ4n) is 1.32. The van der Waals surface area contributed by atoms with Crippen LogP contribution in [0.1, 0.15) is 17.4 Å². The van der Waals surface area contributed by atoms with E-state index in [2.05, 4.69) is 4.98 Å². The molecule has 1 aliphatic rings. The molecule has 0 saturated carbocycles. The minimum Gasteiger partial charge on any atom is -0.361 e. The maximum Gasteiger partial charge on any atom is 0.105 e. The van der Waals surface area contributed by atoms with Crippen molar-refractivity contribution in [2.24, 2.45) is 5.73 Å². The predicted octanol–water partition coefficient (Wildman–Crippen LogP) is 0.955. The lowest BCUT2D eigenvalue weighted by atomic mass is 10.1. The van der Waals surface area contributed by atoms with Crippen LogP contribution in [0.2, 0.25) is 0 Å². The number of hydrogen-bond donors (Lipinski definition) is 1. The molecule has 0 saturated heterocycles. The van der Waals surface area contributed by atoms with Gasteiger partial charge in [0.05, 0.1) is 5.69 Å². The van der Waals surface area contributed by atoms with E-state index in [4.69, 9.17) is 5.73 Å². The summed E-state index contributed by atoms with van der Waals surface area (Å²) >= 11 is 0. The molecule has 2 heterocycles. The number of rotatable bonds is 0. The van der Waals surface area contributed by atoms with E-state index in [1.807, 2.05) is 36.4 Å². The summed E-state index contributed by atoms with van der Waals surface area (Å²) in [6, 6.07) is 3.92. The topological polar surface area (TPSA) is 42.2 Å². The second kappa shape index (κ2) is 2.60. The Labute approximate surface area is 71.5 Å². The first-order valence-corrected chi connectivity index (χ1v) is 3.89. The van der Waals surface area contributed by atoms with Gasteiger partial charge in [0.2, 0.25) is 0 Å². The van der Waals surface area contributed by atoms with E-state index in [0.29, 0.717) is 0 Å². The minimum atomic E-state index is -0.0568. The lowest BCUT2D eigenvalue weighted by molar-refractivity contribution is 0.341. The minimum absolute atomic E-state index is 0.0568. The third kappa shape index (κ3) is 0.987. The molecule has 1 unspecified atom stereocenters. The highest BCUT2D eigenvalue weighted by molar-refractivity contribution is 5.52. The van der Waals surface area contributed by atoms with Crippen LogP contribution in [-0.2, 0) is 0 Å². The maximum atomic E-state index is 5.92. The lowest BCUT2D eigenvalue weighted by Gasteiger charge is -2.27. The van der Waals surface area contributed by atoms with Crippen molar-refractivity contribution in [3.05, 3.63) is 35.8 Å². The van der Waals surface area contributed by atoms with E-state index in [-0.39, 0.29) is 6.17 Å². The third-order valence-electron chi connectivity index (χ3n) is 2.10. The Morgan fingerprint density at radius 3 is 3.25 bits per heavy atom. The molecule has 3 nitrogen and oxygen atoms in total. The molecule has 12 heavy (non-hydrogen) atoms. The molecule has 0 radical (unpaired) electrons. The van der Waals surface area contributed by atoms with Crippen LogP contribution in [0.5, 0.6) is 0 Å². The SMILES string of the molecule is CN1C=Cc2ncccc2C1N. The highest BCUT2D eigenvalue weighted by Gasteiger charge is 2.16. The summed E-state index contributed by atoms with van der Waals surface area (Å²) in [6.07, 6.45) is 5.64. The van der Waals surface area contributed by atoms with E-state index in [0.717, 1.165) is 11.3 Å². The Morgan fingerprint density at radius 1 is 1.58 bits per heavy atom. The predicted molar refractivity (Wildman–Crippen MR) is 48.0 cm³/mol. The first-order chi connectivity index (χ1) is 5.79. The summed E-state index contributed by atoms with van der Waals surface area (Å²) in [5, 5.41) is 0. The molecule has 0 bridgehead atoms. The van der Waals surface area contributed by atoms with Crippen molar-refractivity contribution in [2.45, 2.75) is 6.17 Å². The molecular weight excluding hydrogens is 150 g/mol. The highest BCUT2D eigenvalue weighted by Crippen LogP contribution is 2.22. The fraction of sp³-hybridized carbons (Fsp3) is 0.222. The Balaban J connectivity index is 2.52. The molecule has 1 aliphatic heterocycles. The number of fused-ring (bicyclic) bond motifs is 1. The largest absolute Gasteiger partial charge is 0.361 e. The fourth-order valence-corrected chi connectivity index (χ4v) is 1.32. The van der Waals surface area contributed by atoms with E-state index in [1.54, 1.807) is 6.20 Å². The average Bonchev–Trinajstić information content (AvgIpc) is 2.12. The summed E-state index contributed by atoms with van der Waals surface area (Å²) < 4.78 is 0. The second-order valence-electron chi connectivity index (χ2n) is 2.90. The van der Waals surface area contributed by atoms with Crippen molar-refractivity contribution in [1.29, 1.82) is 0 Å². The molecule has 62 valence electrons. The molecular formula is C9H11N3. The van der Waals surface area contributed by atoms with Crippen molar-refractivity contribution >= 4 is 6.08 Å². The summed E-state index contributed by atoms with van der Waals surface area (Å²) in [4.78, 5) is 6.17. The first kappa shape index (κ1) is 7.31. The Hall–Kier alpha value is -1.35. The molecule has 1 atom stereocenters. The highest BCUT2D eigenvalue weighted by atomic mass is 15.2. The molecule has 1 aromatic rings. The van der Waals surface area contributed by atoms with Gasteiger partial charge >= 0.3 is 0 Å². The van der Waals surface area contributed by atoms with Gasteiger partial charge < -0.3 is 10.6 Å². The summed E-state index contributed by atoms with van der Waals surface area (Å²) in [6.45, 7) is 0. The molecule has 3 heteroatoms. The number of nitrogens with two attached hydrogens (primary N) is 1. The van der Waals surface area contributed by atoms with Crippen molar-refractivity contribution in [1.82, 2.24) is 9.88 Å². The molecule has 1 aromatic heterocycles. The van der Waals surface area contributed by atoms with Crippen LogP contribution in [0.4, 0.5) is 0 Å². The number of aromatic nitrogens is 1. The second-order valence-corrected chi connectivity index (χ2v) is 2.90. The van der Waals surface area contributed by atoms with Gasteiger partial charge in [0.15, 0.2) is 0 Å². The molecule has 0 amide bonds. The van der Waals surface area contributed by atoms with Crippen LogP contribution in [0.25, 0.3) is 6.08 Å². The van der Waals surface area contributed by atoms with Crippen LogP contribution in [0.15, 0.2) is 24.5 Å². The summed E-state index contributed by atoms with van der Waals surface area (Å²) in [5.41, 5.74) is 7.99. The summed E-state index contributed by atoms with van der Waals surface area (Å²) in [5.74, 6) is 0. The zero-order valence-electron chi connectivity index (χ0n) is 6.94. The zero-order chi connectivity index (χ0) is 8.55. The van der Waals surface area contributed by atoms with E-state index < -0.39 is 0 Å². The van der Waals surface area contributed by atoms with E-state index in [9.17, 15) is 0 Å². The van der Waals surface area contributed by atoms with Gasteiger partial charge in [-0.2, -0.15) is 0 Å². The smallest absolute Gasteiger partial charge is 0.105 e. The molecule has 0 aromatic carbocycles. The van der Waals surface area contributed by atoms with Crippen LogP contribution in [-0.4, -0.2) is 16.9 Å². The standard InChI is InChI=1S/C9H11N3/c1-12-6-4-8-7(9(12)10)3-2-5-11-8/h2-6,9H,10H2,1H3. The monoisotopic (exact) mass is 161 g/mol. The van der Waals surface area contributed by atoms with Gasteiger partial charge in [-0.25, -0.2) is 0 Å². The van der Waals surface area contributed by atoms with Crippen LogP contribution < -0.4 is 5.73 Å². The zero-order valence-corrected chi connectivity index (χ0v) is 6.94. The quantitative estimate of drug-likeness (QED) is 0.616. The Morgan fingerprint density at radius 2 is 2.42 bits per heavy atom. The Kier molecular flexibility index (Phi) is 1.59. The van der Waals surface area contributed by atoms with Gasteiger partial charge in [-0.1, -0.05) is 6.07 Å². The average molecular weight is 161 g/mol. The van der Waals surface area contributed by atoms with Gasteiger partial charge in [-0.3, -0.25) is 4.98 Å². The van der Waals surface area contributed by atoms with Gasteiger partial charge in [-0.05, 0) is 12.1 Å². The van der Waals surface area contributed by atoms with Crippen molar-refractivity contribution in [3.63, 3.8) is 0 Å². The molecule has 0 fully saturated rings. The number of pyridine rings is 1. The van der Waals surface area contributed by atoms with Crippen molar-refractivity contribution in [3.8, 4) is 0 Å². The third-order valence-corrected chi connectivity index (χ3v) is 2.10. The molecule has 2 N–H and O–H groups in total. The lowest BCUT2D eigenvalue weighted by Crippen LogP contribution is -2.29. The van der Waals surface area contributed by atoms with Gasteiger partial charge in [0, 0.05) is 25.0 Å². The number of nitrogens with zero attached hydrogens (tertiary/aromatic N) is 2. The first-order valence-electron chi connectivity index (χ1n) is 3.89. The van der Waals surface area contributed by atoms with E-state index >= 15 is 0 Å². The normalized spacial score (nSPS) is 20.8. The van der Waals surface area contributed by atoms with Crippen LogP contribution in [0, 0.1) is 0 Å². The Bertz CT molecular complexity index is 319. The van der Waals surface area contributed by atoms with Crippen LogP contribution in [0.3, 0.4) is 0 Å². The van der Waals surface area contributed by atoms with Crippen LogP contribution >= 0.6 is 0 Å². The van der Waals surface area contributed by atoms with Gasteiger partial charge in [-0.15, -0.1) is 0 Å². The number of hydrogen-bond acceptors (Lipinski definition) is 3. The van der Waals surface area contributed by atoms with Gasteiger partial charge in [0.25, 0.3) is 0 Å². The van der Waals surface area contributed by atoms with Gasteiger partial charge in [0.1, 0.15) is 6.17 Å². The van der Waals surface area contributed by atoms with Crippen molar-refractivity contribution < 1.29 is 0 Å². The summed E-state index contributed by atoms with van der Waals surface area (Å²) in [7, 11) is 1.96.